The summed E-state index contributed by atoms with van der Waals surface area (Å²) in [7, 11) is 0. The second kappa shape index (κ2) is 5.50. The van der Waals surface area contributed by atoms with Gasteiger partial charge >= 0.3 is 5.97 Å². The molecule has 0 aromatic heterocycles. The summed E-state index contributed by atoms with van der Waals surface area (Å²) in [5, 5.41) is 9.42. The highest BCUT2D eigenvalue weighted by Gasteiger charge is 2.38. The number of benzene rings is 2. The van der Waals surface area contributed by atoms with Crippen LogP contribution in [0.3, 0.4) is 0 Å². The number of nitrogens with zero attached hydrogens (tertiary/aromatic N) is 1. The number of hydrogen-bond donors (Lipinski definition) is 1. The van der Waals surface area contributed by atoms with Crippen LogP contribution in [0.5, 0.6) is 0 Å². The van der Waals surface area contributed by atoms with Gasteiger partial charge in [-0.1, -0.05) is 54.6 Å². The van der Waals surface area contributed by atoms with E-state index in [-0.39, 0.29) is 5.78 Å². The smallest absolute Gasteiger partial charge is 0.329 e. The van der Waals surface area contributed by atoms with Crippen molar-refractivity contribution in [2.24, 2.45) is 0 Å². The molecule has 0 saturated carbocycles. The average Bonchev–Trinajstić information content (AvgIpc) is 2.48. The molecule has 0 amide bonds. The number of hydrogen-bond acceptors (Lipinski definition) is 3. The summed E-state index contributed by atoms with van der Waals surface area (Å²) >= 11 is 0. The Bertz CT molecular complexity index is 681. The van der Waals surface area contributed by atoms with E-state index >= 15 is 0 Å². The second-order valence-electron chi connectivity index (χ2n) is 5.15. The molecule has 0 saturated heterocycles. The molecular weight excluding hydrogens is 266 g/mol. The first-order chi connectivity index (χ1) is 10.2. The number of rotatable bonds is 3. The minimum Gasteiger partial charge on any atom is -0.480 e. The lowest BCUT2D eigenvalue weighted by molar-refractivity contribution is -0.141. The summed E-state index contributed by atoms with van der Waals surface area (Å²) in [6, 6.07) is 15.7. The monoisotopic (exact) mass is 281 g/mol. The van der Waals surface area contributed by atoms with Gasteiger partial charge in [0.2, 0.25) is 0 Å². The number of fused-ring (bicyclic) bond motifs is 1. The third-order valence-electron chi connectivity index (χ3n) is 3.73. The Morgan fingerprint density at radius 1 is 1.10 bits per heavy atom. The highest BCUT2D eigenvalue weighted by atomic mass is 16.4. The zero-order valence-electron chi connectivity index (χ0n) is 11.4. The Labute approximate surface area is 122 Å². The van der Waals surface area contributed by atoms with Gasteiger partial charge in [-0.25, -0.2) is 0 Å². The van der Waals surface area contributed by atoms with Crippen molar-refractivity contribution in [3.05, 3.63) is 71.3 Å². The number of Topliss-reactive ketones (excluding diaryl/α,β-unsaturated/α-hetero) is 1. The third kappa shape index (κ3) is 2.58. The normalized spacial score (nSPS) is 18.3. The summed E-state index contributed by atoms with van der Waals surface area (Å²) < 4.78 is 0. The van der Waals surface area contributed by atoms with Crippen LogP contribution in [-0.2, 0) is 17.9 Å². The van der Waals surface area contributed by atoms with Gasteiger partial charge in [0.15, 0.2) is 11.8 Å². The van der Waals surface area contributed by atoms with Crippen LogP contribution >= 0.6 is 0 Å². The first kappa shape index (κ1) is 13.5. The van der Waals surface area contributed by atoms with Crippen molar-refractivity contribution >= 4 is 11.8 Å². The zero-order valence-corrected chi connectivity index (χ0v) is 11.4. The second-order valence-corrected chi connectivity index (χ2v) is 5.15. The summed E-state index contributed by atoms with van der Waals surface area (Å²) in [5.41, 5.74) is 2.40. The van der Waals surface area contributed by atoms with Gasteiger partial charge in [-0.2, -0.15) is 0 Å². The summed E-state index contributed by atoms with van der Waals surface area (Å²) in [4.78, 5) is 25.7. The first-order valence-electron chi connectivity index (χ1n) is 6.80. The van der Waals surface area contributed by atoms with E-state index in [1.54, 1.807) is 17.0 Å². The molecule has 2 aromatic rings. The summed E-state index contributed by atoms with van der Waals surface area (Å²) in [5.74, 6) is -1.43. The Balaban J connectivity index is 1.96. The molecule has 0 bridgehead atoms. The molecule has 2 aromatic carbocycles. The summed E-state index contributed by atoms with van der Waals surface area (Å²) in [6.45, 7) is 0.908. The van der Waals surface area contributed by atoms with Gasteiger partial charge in [-0.3, -0.25) is 14.5 Å². The fourth-order valence-corrected chi connectivity index (χ4v) is 2.76. The molecule has 1 N–H and O–H groups in total. The van der Waals surface area contributed by atoms with Crippen molar-refractivity contribution in [3.63, 3.8) is 0 Å². The SMILES string of the molecule is O=C(O)C1C(=O)c2ccccc2CN1Cc1ccccc1. The molecule has 4 heteroatoms. The van der Waals surface area contributed by atoms with Crippen molar-refractivity contribution in [1.29, 1.82) is 0 Å². The molecule has 106 valence electrons. The highest BCUT2D eigenvalue weighted by Crippen LogP contribution is 2.25. The molecule has 3 rings (SSSR count). The Kier molecular flexibility index (Phi) is 3.54. The predicted molar refractivity (Wildman–Crippen MR) is 77.9 cm³/mol. The number of carbonyl (C=O) groups is 2. The molecule has 0 radical (unpaired) electrons. The maximum atomic E-state index is 12.4. The Hall–Kier alpha value is -2.46. The fraction of sp³-hybridized carbons (Fsp3) is 0.176. The molecule has 1 heterocycles. The van der Waals surface area contributed by atoms with Crippen molar-refractivity contribution in [2.75, 3.05) is 0 Å². The number of carbonyl (C=O) groups excluding carboxylic acids is 1. The molecule has 0 aliphatic carbocycles. The van der Waals surface area contributed by atoms with E-state index in [4.69, 9.17) is 0 Å². The third-order valence-corrected chi connectivity index (χ3v) is 3.73. The van der Waals surface area contributed by atoms with E-state index < -0.39 is 12.0 Å². The number of carboxylic acid groups (broad SMARTS) is 1. The van der Waals surface area contributed by atoms with Crippen molar-refractivity contribution in [2.45, 2.75) is 19.1 Å². The van der Waals surface area contributed by atoms with Gasteiger partial charge in [-0.15, -0.1) is 0 Å². The number of carboxylic acids is 1. The predicted octanol–water partition coefficient (Wildman–Crippen LogP) is 2.34. The number of aliphatic carboxylic acids is 1. The Morgan fingerprint density at radius 3 is 2.48 bits per heavy atom. The van der Waals surface area contributed by atoms with E-state index in [1.165, 1.54) is 0 Å². The minimum absolute atomic E-state index is 0.333. The molecule has 0 fully saturated rings. The molecule has 4 nitrogen and oxygen atoms in total. The standard InChI is InChI=1S/C17H15NO3/c19-16-14-9-5-4-8-13(14)11-18(15(16)17(20)21)10-12-6-2-1-3-7-12/h1-9,15H,10-11H2,(H,20,21). The molecule has 1 aliphatic heterocycles. The molecule has 1 unspecified atom stereocenters. The number of ketones is 1. The van der Waals surface area contributed by atoms with Crippen LogP contribution in [-0.4, -0.2) is 27.8 Å². The van der Waals surface area contributed by atoms with Crippen LogP contribution in [0.1, 0.15) is 21.5 Å². The van der Waals surface area contributed by atoms with Crippen LogP contribution in [0.15, 0.2) is 54.6 Å². The zero-order chi connectivity index (χ0) is 14.8. The van der Waals surface area contributed by atoms with E-state index in [2.05, 4.69) is 0 Å². The van der Waals surface area contributed by atoms with Gasteiger partial charge in [0.1, 0.15) is 0 Å². The molecule has 1 aliphatic rings. The fourth-order valence-electron chi connectivity index (χ4n) is 2.76. The van der Waals surface area contributed by atoms with Crippen LogP contribution in [0.25, 0.3) is 0 Å². The van der Waals surface area contributed by atoms with E-state index in [9.17, 15) is 14.7 Å². The van der Waals surface area contributed by atoms with Gasteiger partial charge < -0.3 is 5.11 Å². The van der Waals surface area contributed by atoms with Gasteiger partial charge in [0.25, 0.3) is 0 Å². The molecular formula is C17H15NO3. The molecule has 21 heavy (non-hydrogen) atoms. The molecule has 1 atom stereocenters. The largest absolute Gasteiger partial charge is 0.480 e. The minimum atomic E-state index is -1.11. The van der Waals surface area contributed by atoms with Crippen molar-refractivity contribution in [3.8, 4) is 0 Å². The first-order valence-corrected chi connectivity index (χ1v) is 6.80. The van der Waals surface area contributed by atoms with Gasteiger partial charge in [-0.05, 0) is 11.1 Å². The highest BCUT2D eigenvalue weighted by molar-refractivity contribution is 6.13. The van der Waals surface area contributed by atoms with E-state index in [0.717, 1.165) is 11.1 Å². The summed E-state index contributed by atoms with van der Waals surface area (Å²) in [6.07, 6.45) is 0. The van der Waals surface area contributed by atoms with Crippen molar-refractivity contribution < 1.29 is 14.7 Å². The lowest BCUT2D eigenvalue weighted by Crippen LogP contribution is -2.49. The quantitative estimate of drug-likeness (QED) is 0.877. The topological polar surface area (TPSA) is 57.6 Å². The van der Waals surface area contributed by atoms with Gasteiger partial charge in [0, 0.05) is 18.7 Å². The van der Waals surface area contributed by atoms with Crippen LogP contribution in [0, 0.1) is 0 Å². The maximum absolute atomic E-state index is 12.4. The molecule has 0 spiro atoms. The van der Waals surface area contributed by atoms with Crippen LogP contribution in [0.4, 0.5) is 0 Å². The lowest BCUT2D eigenvalue weighted by Gasteiger charge is -2.33. The average molecular weight is 281 g/mol. The van der Waals surface area contributed by atoms with E-state index in [0.29, 0.717) is 18.7 Å². The van der Waals surface area contributed by atoms with E-state index in [1.807, 2.05) is 42.5 Å². The Morgan fingerprint density at radius 2 is 1.76 bits per heavy atom. The van der Waals surface area contributed by atoms with Crippen LogP contribution in [0.2, 0.25) is 0 Å². The van der Waals surface area contributed by atoms with Gasteiger partial charge in [0.05, 0.1) is 0 Å². The van der Waals surface area contributed by atoms with Crippen LogP contribution < -0.4 is 0 Å². The van der Waals surface area contributed by atoms with Crippen molar-refractivity contribution in [1.82, 2.24) is 4.90 Å². The maximum Gasteiger partial charge on any atom is 0.329 e. The lowest BCUT2D eigenvalue weighted by atomic mass is 9.92.